The van der Waals surface area contributed by atoms with Crippen LogP contribution in [0.3, 0.4) is 0 Å². The van der Waals surface area contributed by atoms with Gasteiger partial charge in [0.25, 0.3) is 0 Å². The number of hydrogen-bond donors (Lipinski definition) is 1. The first-order valence-electron chi connectivity index (χ1n) is 10.4. The Labute approximate surface area is 193 Å². The van der Waals surface area contributed by atoms with Gasteiger partial charge in [-0.05, 0) is 49.7 Å². The number of para-hydroxylation sites is 1. The molecule has 1 aliphatic heterocycles. The third kappa shape index (κ3) is 4.67. The number of aromatic nitrogens is 1. The van der Waals surface area contributed by atoms with Crippen molar-refractivity contribution in [2.45, 2.75) is 36.1 Å². The first-order chi connectivity index (χ1) is 15.2. The molecule has 1 saturated heterocycles. The normalized spacial score (nSPS) is 17.0. The van der Waals surface area contributed by atoms with Gasteiger partial charge in [0.1, 0.15) is 0 Å². The summed E-state index contributed by atoms with van der Waals surface area (Å²) in [5.74, 6) is 0. The Morgan fingerprint density at radius 3 is 2.22 bits per heavy atom. The summed E-state index contributed by atoms with van der Waals surface area (Å²) in [6.07, 6.45) is 0.661. The van der Waals surface area contributed by atoms with E-state index in [0.29, 0.717) is 32.6 Å². The van der Waals surface area contributed by atoms with Crippen molar-refractivity contribution in [1.29, 1.82) is 0 Å². The lowest BCUT2D eigenvalue weighted by Crippen LogP contribution is -2.48. The predicted molar refractivity (Wildman–Crippen MR) is 127 cm³/mol. The van der Waals surface area contributed by atoms with Crippen LogP contribution >= 0.6 is 11.3 Å². The minimum atomic E-state index is -3.71. The molecule has 0 aliphatic carbocycles. The van der Waals surface area contributed by atoms with E-state index in [2.05, 4.69) is 14.6 Å². The van der Waals surface area contributed by atoms with Crippen LogP contribution in [-0.4, -0.2) is 58.3 Å². The molecule has 0 bridgehead atoms. The number of anilines is 1. The topological polar surface area (TPSA) is 99.7 Å². The molecule has 2 aromatic carbocycles. The number of fused-ring (bicyclic) bond motifs is 1. The van der Waals surface area contributed by atoms with Crippen molar-refractivity contribution in [1.82, 2.24) is 14.0 Å². The maximum Gasteiger partial charge on any atom is 0.243 e. The summed E-state index contributed by atoms with van der Waals surface area (Å²) < 4.78 is 56.1. The third-order valence-corrected chi connectivity index (χ3v) is 10.1. The van der Waals surface area contributed by atoms with Crippen molar-refractivity contribution in [2.75, 3.05) is 31.1 Å². The van der Waals surface area contributed by atoms with Crippen molar-refractivity contribution in [3.8, 4) is 0 Å². The second-order valence-corrected chi connectivity index (χ2v) is 12.4. The van der Waals surface area contributed by atoms with Crippen LogP contribution in [0.4, 0.5) is 5.13 Å². The Balaban J connectivity index is 1.45. The zero-order chi connectivity index (χ0) is 22.9. The lowest BCUT2D eigenvalue weighted by atomic mass is 10.3. The molecule has 172 valence electrons. The van der Waals surface area contributed by atoms with Gasteiger partial charge in [0, 0.05) is 32.2 Å². The summed E-state index contributed by atoms with van der Waals surface area (Å²) in [7, 11) is -7.39. The molecule has 0 unspecified atom stereocenters. The zero-order valence-electron chi connectivity index (χ0n) is 17.9. The maximum absolute atomic E-state index is 13.1. The summed E-state index contributed by atoms with van der Waals surface area (Å²) in [4.78, 5) is 6.90. The van der Waals surface area contributed by atoms with E-state index in [9.17, 15) is 16.8 Å². The highest BCUT2D eigenvalue weighted by Gasteiger charge is 2.30. The van der Waals surface area contributed by atoms with Crippen molar-refractivity contribution < 1.29 is 16.8 Å². The molecule has 2 heterocycles. The molecule has 0 amide bonds. The second-order valence-electron chi connectivity index (χ2n) is 7.76. The molecule has 8 nitrogen and oxygen atoms in total. The number of thiazole rings is 1. The van der Waals surface area contributed by atoms with Gasteiger partial charge in [-0.2, -0.15) is 4.31 Å². The van der Waals surface area contributed by atoms with Crippen LogP contribution in [0.1, 0.15) is 20.3 Å². The Morgan fingerprint density at radius 2 is 1.59 bits per heavy atom. The van der Waals surface area contributed by atoms with Crippen LogP contribution in [0, 0.1) is 0 Å². The van der Waals surface area contributed by atoms with Crippen molar-refractivity contribution in [3.05, 3.63) is 48.5 Å². The number of benzene rings is 2. The molecule has 4 rings (SSSR count). The number of sulfonamides is 2. The summed E-state index contributed by atoms with van der Waals surface area (Å²) in [6, 6.07) is 13.1. The minimum absolute atomic E-state index is 0.0532. The van der Waals surface area contributed by atoms with E-state index in [1.54, 1.807) is 18.3 Å². The average Bonchev–Trinajstić information content (AvgIpc) is 3.23. The van der Waals surface area contributed by atoms with Crippen molar-refractivity contribution >= 4 is 46.7 Å². The van der Waals surface area contributed by atoms with Gasteiger partial charge < -0.3 is 4.90 Å². The second kappa shape index (κ2) is 9.06. The van der Waals surface area contributed by atoms with Crippen LogP contribution < -0.4 is 9.62 Å². The van der Waals surface area contributed by atoms with Gasteiger partial charge in [-0.15, -0.1) is 0 Å². The summed E-state index contributed by atoms with van der Waals surface area (Å²) in [5, 5.41) is 0.895. The fourth-order valence-electron chi connectivity index (χ4n) is 3.47. The molecule has 0 spiro atoms. The molecular weight excluding hydrogens is 468 g/mol. The molecule has 32 heavy (non-hydrogen) atoms. The lowest BCUT2D eigenvalue weighted by molar-refractivity contribution is 0.385. The van der Waals surface area contributed by atoms with Crippen LogP contribution in [0.25, 0.3) is 10.2 Å². The standard InChI is InChI=1S/C21H26N4O4S3/c1-3-16(2)23-31(26,27)17-8-10-18(11-9-17)32(28,29)25-14-12-24(13-15-25)21-22-19-6-4-5-7-20(19)30-21/h4-11,16,23H,3,12-15H2,1-2H3/t16-/m0/s1. The molecule has 1 aliphatic rings. The fraction of sp³-hybridized carbons (Fsp3) is 0.381. The van der Waals surface area contributed by atoms with Crippen LogP contribution in [0.2, 0.25) is 0 Å². The smallest absolute Gasteiger partial charge is 0.243 e. The third-order valence-electron chi connectivity index (χ3n) is 5.53. The molecular formula is C21H26N4O4S3. The lowest BCUT2D eigenvalue weighted by Gasteiger charge is -2.33. The Morgan fingerprint density at radius 1 is 0.969 bits per heavy atom. The van der Waals surface area contributed by atoms with Crippen LogP contribution in [-0.2, 0) is 20.0 Å². The number of nitrogens with zero attached hydrogens (tertiary/aromatic N) is 3. The Hall–Kier alpha value is -2.05. The van der Waals surface area contributed by atoms with Gasteiger partial charge in [0.05, 0.1) is 20.0 Å². The van der Waals surface area contributed by atoms with Crippen molar-refractivity contribution in [2.24, 2.45) is 0 Å². The van der Waals surface area contributed by atoms with E-state index in [-0.39, 0.29) is 15.8 Å². The number of hydrogen-bond acceptors (Lipinski definition) is 7. The molecule has 1 fully saturated rings. The summed E-state index contributed by atoms with van der Waals surface area (Å²) in [5.41, 5.74) is 0.945. The Kier molecular flexibility index (Phi) is 6.55. The van der Waals surface area contributed by atoms with E-state index in [1.165, 1.54) is 28.6 Å². The minimum Gasteiger partial charge on any atom is -0.345 e. The first kappa shape index (κ1) is 23.1. The number of nitrogens with one attached hydrogen (secondary N) is 1. The highest BCUT2D eigenvalue weighted by molar-refractivity contribution is 7.89. The quantitative estimate of drug-likeness (QED) is 0.542. The van der Waals surface area contributed by atoms with Gasteiger partial charge in [-0.25, -0.2) is 26.5 Å². The highest BCUT2D eigenvalue weighted by Crippen LogP contribution is 2.30. The SMILES string of the molecule is CC[C@H](C)NS(=O)(=O)c1ccc(S(=O)(=O)N2CCN(c3nc4ccccc4s3)CC2)cc1. The monoisotopic (exact) mass is 494 g/mol. The van der Waals surface area contributed by atoms with Gasteiger partial charge in [-0.3, -0.25) is 0 Å². The van der Waals surface area contributed by atoms with E-state index in [1.807, 2.05) is 31.2 Å². The first-order valence-corrected chi connectivity index (χ1v) is 14.2. The molecule has 1 atom stereocenters. The highest BCUT2D eigenvalue weighted by atomic mass is 32.2. The van der Waals surface area contributed by atoms with Crippen molar-refractivity contribution in [3.63, 3.8) is 0 Å². The molecule has 0 radical (unpaired) electrons. The largest absolute Gasteiger partial charge is 0.345 e. The number of rotatable bonds is 7. The summed E-state index contributed by atoms with van der Waals surface area (Å²) >= 11 is 1.60. The average molecular weight is 495 g/mol. The fourth-order valence-corrected chi connectivity index (χ4v) is 7.24. The van der Waals surface area contributed by atoms with E-state index in [0.717, 1.165) is 15.3 Å². The molecule has 1 aromatic heterocycles. The maximum atomic E-state index is 13.1. The van der Waals surface area contributed by atoms with E-state index in [4.69, 9.17) is 0 Å². The summed E-state index contributed by atoms with van der Waals surface area (Å²) in [6.45, 7) is 5.44. The van der Waals surface area contributed by atoms with E-state index >= 15 is 0 Å². The van der Waals surface area contributed by atoms with Gasteiger partial charge in [0.15, 0.2) is 5.13 Å². The van der Waals surface area contributed by atoms with Crippen LogP contribution in [0.5, 0.6) is 0 Å². The zero-order valence-corrected chi connectivity index (χ0v) is 20.4. The predicted octanol–water partition coefficient (Wildman–Crippen LogP) is 2.88. The molecule has 3 aromatic rings. The number of piperazine rings is 1. The molecule has 11 heteroatoms. The van der Waals surface area contributed by atoms with Crippen LogP contribution in [0.15, 0.2) is 58.3 Å². The molecule has 0 saturated carbocycles. The van der Waals surface area contributed by atoms with E-state index < -0.39 is 20.0 Å². The molecule has 1 N–H and O–H groups in total. The van der Waals surface area contributed by atoms with Gasteiger partial charge >= 0.3 is 0 Å². The van der Waals surface area contributed by atoms with Gasteiger partial charge in [0.2, 0.25) is 20.0 Å². The Bertz CT molecular complexity index is 1260. The van der Waals surface area contributed by atoms with Gasteiger partial charge in [-0.1, -0.05) is 30.4 Å².